The topological polar surface area (TPSA) is 55.8 Å². The standard InChI is InChI=1S/C16H23N3O2/c20-16(21)5-2-8-18-11-13-3-1-4-15(14(13)12-18)19-9-6-17-7-10-19/h1,3-4,17H,2,5-12H2,(H,20,21). The van der Waals surface area contributed by atoms with E-state index in [1.165, 1.54) is 16.8 Å². The maximum Gasteiger partial charge on any atom is 0.303 e. The van der Waals surface area contributed by atoms with Gasteiger partial charge in [-0.2, -0.15) is 0 Å². The molecule has 2 aliphatic rings. The number of hydrogen-bond donors (Lipinski definition) is 2. The Kier molecular flexibility index (Phi) is 4.41. The van der Waals surface area contributed by atoms with Gasteiger partial charge in [0.25, 0.3) is 0 Å². The smallest absolute Gasteiger partial charge is 0.303 e. The predicted octanol–water partition coefficient (Wildman–Crippen LogP) is 1.28. The van der Waals surface area contributed by atoms with Crippen LogP contribution in [0.1, 0.15) is 24.0 Å². The SMILES string of the molecule is O=C(O)CCCN1Cc2cccc(N3CCNCC3)c2C1. The summed E-state index contributed by atoms with van der Waals surface area (Å²) in [4.78, 5) is 15.4. The van der Waals surface area contributed by atoms with Crippen molar-refractivity contribution in [2.45, 2.75) is 25.9 Å². The Morgan fingerprint density at radius 2 is 2.05 bits per heavy atom. The zero-order valence-corrected chi connectivity index (χ0v) is 12.3. The third-order valence-corrected chi connectivity index (χ3v) is 4.35. The van der Waals surface area contributed by atoms with Crippen LogP contribution in [0.15, 0.2) is 18.2 Å². The Morgan fingerprint density at radius 3 is 2.81 bits per heavy atom. The molecule has 5 nitrogen and oxygen atoms in total. The van der Waals surface area contributed by atoms with Crippen LogP contribution in [0.5, 0.6) is 0 Å². The number of rotatable bonds is 5. The van der Waals surface area contributed by atoms with Gasteiger partial charge in [0.15, 0.2) is 0 Å². The van der Waals surface area contributed by atoms with E-state index in [1.54, 1.807) is 0 Å². The third kappa shape index (κ3) is 3.36. The number of carboxylic acids is 1. The Hall–Kier alpha value is -1.59. The van der Waals surface area contributed by atoms with Gasteiger partial charge in [-0.25, -0.2) is 0 Å². The van der Waals surface area contributed by atoms with Crippen molar-refractivity contribution in [3.63, 3.8) is 0 Å². The van der Waals surface area contributed by atoms with Crippen LogP contribution in [0.25, 0.3) is 0 Å². The number of piperazine rings is 1. The van der Waals surface area contributed by atoms with Crippen LogP contribution >= 0.6 is 0 Å². The summed E-state index contributed by atoms with van der Waals surface area (Å²) < 4.78 is 0. The van der Waals surface area contributed by atoms with Gasteiger partial charge in [-0.1, -0.05) is 12.1 Å². The highest BCUT2D eigenvalue weighted by Gasteiger charge is 2.24. The molecular weight excluding hydrogens is 266 g/mol. The number of aliphatic carboxylic acids is 1. The fourth-order valence-electron chi connectivity index (χ4n) is 3.29. The van der Waals surface area contributed by atoms with Crippen molar-refractivity contribution >= 4 is 11.7 Å². The molecule has 0 aromatic heterocycles. The molecule has 0 atom stereocenters. The number of hydrogen-bond acceptors (Lipinski definition) is 4. The Labute approximate surface area is 125 Å². The van der Waals surface area contributed by atoms with Gasteiger partial charge in [-0.15, -0.1) is 0 Å². The van der Waals surface area contributed by atoms with Crippen LogP contribution in [-0.4, -0.2) is 48.7 Å². The van der Waals surface area contributed by atoms with Gasteiger partial charge < -0.3 is 15.3 Å². The monoisotopic (exact) mass is 289 g/mol. The molecule has 0 bridgehead atoms. The minimum Gasteiger partial charge on any atom is -0.481 e. The first-order valence-electron chi connectivity index (χ1n) is 7.74. The second kappa shape index (κ2) is 6.45. The quantitative estimate of drug-likeness (QED) is 0.855. The molecule has 21 heavy (non-hydrogen) atoms. The first-order chi connectivity index (χ1) is 10.2. The van der Waals surface area contributed by atoms with Crippen molar-refractivity contribution in [3.8, 4) is 0 Å². The van der Waals surface area contributed by atoms with E-state index < -0.39 is 5.97 Å². The minimum atomic E-state index is -0.701. The molecule has 3 rings (SSSR count). The van der Waals surface area contributed by atoms with Crippen LogP contribution in [0.3, 0.4) is 0 Å². The number of carboxylic acid groups (broad SMARTS) is 1. The summed E-state index contributed by atoms with van der Waals surface area (Å²) in [7, 11) is 0. The molecule has 0 amide bonds. The molecule has 2 heterocycles. The largest absolute Gasteiger partial charge is 0.481 e. The van der Waals surface area contributed by atoms with Crippen LogP contribution < -0.4 is 10.2 Å². The molecule has 1 aromatic rings. The molecule has 0 radical (unpaired) electrons. The maximum atomic E-state index is 10.6. The van der Waals surface area contributed by atoms with Crippen molar-refractivity contribution in [1.29, 1.82) is 0 Å². The van der Waals surface area contributed by atoms with Crippen LogP contribution in [-0.2, 0) is 17.9 Å². The van der Waals surface area contributed by atoms with Gasteiger partial charge in [0, 0.05) is 51.4 Å². The van der Waals surface area contributed by atoms with Gasteiger partial charge in [0.2, 0.25) is 0 Å². The van der Waals surface area contributed by atoms with Crippen molar-refractivity contribution in [2.24, 2.45) is 0 Å². The molecular formula is C16H23N3O2. The summed E-state index contributed by atoms with van der Waals surface area (Å²) in [6.45, 7) is 6.99. The Balaban J connectivity index is 1.66. The summed E-state index contributed by atoms with van der Waals surface area (Å²) in [6, 6.07) is 6.58. The van der Waals surface area contributed by atoms with Crippen molar-refractivity contribution in [2.75, 3.05) is 37.6 Å². The number of benzene rings is 1. The minimum absolute atomic E-state index is 0.261. The zero-order chi connectivity index (χ0) is 14.7. The molecule has 0 aliphatic carbocycles. The Bertz CT molecular complexity index is 512. The van der Waals surface area contributed by atoms with Crippen molar-refractivity contribution in [3.05, 3.63) is 29.3 Å². The molecule has 2 aliphatic heterocycles. The molecule has 1 fully saturated rings. The summed E-state index contributed by atoms with van der Waals surface area (Å²) >= 11 is 0. The third-order valence-electron chi connectivity index (χ3n) is 4.35. The lowest BCUT2D eigenvalue weighted by atomic mass is 10.1. The fourth-order valence-corrected chi connectivity index (χ4v) is 3.29. The lowest BCUT2D eigenvalue weighted by Gasteiger charge is -2.31. The van der Waals surface area contributed by atoms with Crippen molar-refractivity contribution < 1.29 is 9.90 Å². The lowest BCUT2D eigenvalue weighted by molar-refractivity contribution is -0.137. The second-order valence-corrected chi connectivity index (χ2v) is 5.86. The molecule has 0 saturated carbocycles. The molecule has 0 spiro atoms. The first kappa shape index (κ1) is 14.4. The predicted molar refractivity (Wildman–Crippen MR) is 82.5 cm³/mol. The van der Waals surface area contributed by atoms with Crippen LogP contribution in [0, 0.1) is 0 Å². The zero-order valence-electron chi connectivity index (χ0n) is 12.3. The molecule has 0 unspecified atom stereocenters. The van der Waals surface area contributed by atoms with E-state index in [2.05, 4.69) is 33.3 Å². The van der Waals surface area contributed by atoms with E-state index in [0.29, 0.717) is 0 Å². The molecule has 1 aromatic carbocycles. The van der Waals surface area contributed by atoms with Gasteiger partial charge in [0.05, 0.1) is 0 Å². The summed E-state index contributed by atoms with van der Waals surface area (Å²) in [5.41, 5.74) is 4.21. The van der Waals surface area contributed by atoms with E-state index in [1.807, 2.05) is 0 Å². The average molecular weight is 289 g/mol. The fraction of sp³-hybridized carbons (Fsp3) is 0.562. The highest BCUT2D eigenvalue weighted by Crippen LogP contribution is 2.32. The highest BCUT2D eigenvalue weighted by molar-refractivity contribution is 5.66. The summed E-state index contributed by atoms with van der Waals surface area (Å²) in [5, 5.41) is 12.1. The van der Waals surface area contributed by atoms with Gasteiger partial charge in [0.1, 0.15) is 0 Å². The molecule has 1 saturated heterocycles. The maximum absolute atomic E-state index is 10.6. The van der Waals surface area contributed by atoms with Gasteiger partial charge in [-0.3, -0.25) is 9.69 Å². The molecule has 2 N–H and O–H groups in total. The highest BCUT2D eigenvalue weighted by atomic mass is 16.4. The van der Waals surface area contributed by atoms with E-state index in [9.17, 15) is 4.79 Å². The normalized spacial score (nSPS) is 18.8. The summed E-state index contributed by atoms with van der Waals surface area (Å²) in [6.07, 6.45) is 0.990. The first-order valence-corrected chi connectivity index (χ1v) is 7.74. The number of nitrogens with one attached hydrogen (secondary N) is 1. The van der Waals surface area contributed by atoms with E-state index in [0.717, 1.165) is 52.2 Å². The van der Waals surface area contributed by atoms with Crippen LogP contribution in [0.4, 0.5) is 5.69 Å². The number of carbonyl (C=O) groups is 1. The Morgan fingerprint density at radius 1 is 1.24 bits per heavy atom. The molecule has 114 valence electrons. The van der Waals surface area contributed by atoms with Gasteiger partial charge in [-0.05, 0) is 30.2 Å². The summed E-state index contributed by atoms with van der Waals surface area (Å²) in [5.74, 6) is -0.701. The van der Waals surface area contributed by atoms with E-state index >= 15 is 0 Å². The number of nitrogens with zero attached hydrogens (tertiary/aromatic N) is 2. The lowest BCUT2D eigenvalue weighted by Crippen LogP contribution is -2.43. The number of anilines is 1. The molecule has 5 heteroatoms. The van der Waals surface area contributed by atoms with Crippen LogP contribution in [0.2, 0.25) is 0 Å². The van der Waals surface area contributed by atoms with Crippen molar-refractivity contribution in [1.82, 2.24) is 10.2 Å². The number of fused-ring (bicyclic) bond motifs is 1. The van der Waals surface area contributed by atoms with Gasteiger partial charge >= 0.3 is 5.97 Å². The van der Waals surface area contributed by atoms with E-state index in [4.69, 9.17) is 5.11 Å². The second-order valence-electron chi connectivity index (χ2n) is 5.86. The average Bonchev–Trinajstić information content (AvgIpc) is 2.90. The van der Waals surface area contributed by atoms with E-state index in [-0.39, 0.29) is 6.42 Å².